The molecule has 0 saturated heterocycles. The number of hydrogen-bond acceptors (Lipinski definition) is 5. The molecule has 0 unspecified atom stereocenters. The number of rotatable bonds is 3. The molecule has 20 heavy (non-hydrogen) atoms. The van der Waals surface area contributed by atoms with E-state index in [4.69, 9.17) is 5.11 Å². The molecule has 2 heterocycles. The lowest BCUT2D eigenvalue weighted by Gasteiger charge is -2.03. The Morgan fingerprint density at radius 3 is 2.90 bits per heavy atom. The second kappa shape index (κ2) is 4.90. The molecule has 0 fully saturated rings. The summed E-state index contributed by atoms with van der Waals surface area (Å²) in [5.41, 5.74) is 1.79. The monoisotopic (exact) mass is 285 g/mol. The minimum atomic E-state index is -1.01. The number of benzene rings is 1. The summed E-state index contributed by atoms with van der Waals surface area (Å²) in [4.78, 5) is 20.0. The van der Waals surface area contributed by atoms with Gasteiger partial charge in [-0.15, -0.1) is 11.3 Å². The second-order valence-corrected chi connectivity index (χ2v) is 5.47. The van der Waals surface area contributed by atoms with Crippen molar-refractivity contribution in [3.63, 3.8) is 0 Å². The van der Waals surface area contributed by atoms with Gasteiger partial charge in [0.2, 0.25) is 0 Å². The van der Waals surface area contributed by atoms with Crippen molar-refractivity contribution in [3.05, 3.63) is 47.1 Å². The first-order valence-corrected chi connectivity index (χ1v) is 6.77. The van der Waals surface area contributed by atoms with Crippen LogP contribution in [-0.4, -0.2) is 21.0 Å². The van der Waals surface area contributed by atoms with Crippen molar-refractivity contribution in [3.8, 4) is 0 Å². The molecule has 0 spiro atoms. The standard InChI is InChI=1S/C14H11N3O2S/c1-8-12(13(18)19)17-14(20-8)16-10-6-9-4-2-3-5-11(9)15-7-10/h2-7H,1H3,(H,16,17)(H,18,19). The number of anilines is 2. The summed E-state index contributed by atoms with van der Waals surface area (Å²) in [7, 11) is 0. The van der Waals surface area contributed by atoms with Crippen LogP contribution >= 0.6 is 11.3 Å². The predicted molar refractivity (Wildman–Crippen MR) is 78.8 cm³/mol. The highest BCUT2D eigenvalue weighted by atomic mass is 32.1. The molecule has 0 atom stereocenters. The van der Waals surface area contributed by atoms with Crippen LogP contribution in [0, 0.1) is 6.92 Å². The summed E-state index contributed by atoms with van der Waals surface area (Å²) in [6, 6.07) is 9.76. The number of nitrogens with one attached hydrogen (secondary N) is 1. The van der Waals surface area contributed by atoms with Gasteiger partial charge in [-0.2, -0.15) is 0 Å². The van der Waals surface area contributed by atoms with Crippen LogP contribution < -0.4 is 5.32 Å². The van der Waals surface area contributed by atoms with Crippen LogP contribution in [-0.2, 0) is 0 Å². The van der Waals surface area contributed by atoms with Crippen LogP contribution in [0.3, 0.4) is 0 Å². The van der Waals surface area contributed by atoms with E-state index in [9.17, 15) is 4.79 Å². The Labute approximate surface area is 118 Å². The summed E-state index contributed by atoms with van der Waals surface area (Å²) in [6.45, 7) is 1.74. The van der Waals surface area contributed by atoms with Gasteiger partial charge in [0, 0.05) is 10.3 Å². The number of nitrogens with zero attached hydrogens (tertiary/aromatic N) is 2. The Balaban J connectivity index is 1.92. The molecule has 2 aromatic heterocycles. The molecular weight excluding hydrogens is 274 g/mol. The molecule has 3 rings (SSSR count). The van der Waals surface area contributed by atoms with E-state index < -0.39 is 5.97 Å². The van der Waals surface area contributed by atoms with Gasteiger partial charge in [-0.3, -0.25) is 4.98 Å². The molecule has 0 saturated carbocycles. The van der Waals surface area contributed by atoms with Crippen LogP contribution in [0.25, 0.3) is 10.9 Å². The average Bonchev–Trinajstić information content (AvgIpc) is 2.79. The number of carboxylic acid groups (broad SMARTS) is 1. The summed E-state index contributed by atoms with van der Waals surface area (Å²) in [5.74, 6) is -1.01. The number of thiazole rings is 1. The fourth-order valence-corrected chi connectivity index (χ4v) is 2.74. The Bertz CT molecular complexity index is 798. The first-order valence-electron chi connectivity index (χ1n) is 5.96. The van der Waals surface area contributed by atoms with E-state index in [1.54, 1.807) is 13.1 Å². The maximum atomic E-state index is 11.0. The van der Waals surface area contributed by atoms with Crippen molar-refractivity contribution >= 4 is 39.0 Å². The molecule has 6 heteroatoms. The van der Waals surface area contributed by atoms with E-state index in [1.807, 2.05) is 30.3 Å². The van der Waals surface area contributed by atoms with Gasteiger partial charge in [-0.05, 0) is 19.1 Å². The van der Waals surface area contributed by atoms with Gasteiger partial charge < -0.3 is 10.4 Å². The van der Waals surface area contributed by atoms with Gasteiger partial charge in [0.15, 0.2) is 10.8 Å². The summed E-state index contributed by atoms with van der Waals surface area (Å²) >= 11 is 1.31. The maximum absolute atomic E-state index is 11.0. The second-order valence-electron chi connectivity index (χ2n) is 4.27. The minimum Gasteiger partial charge on any atom is -0.476 e. The molecule has 100 valence electrons. The minimum absolute atomic E-state index is 0.0891. The fraction of sp³-hybridized carbons (Fsp3) is 0.0714. The van der Waals surface area contributed by atoms with Crippen molar-refractivity contribution in [1.29, 1.82) is 0 Å². The molecule has 5 nitrogen and oxygen atoms in total. The molecular formula is C14H11N3O2S. The molecule has 0 bridgehead atoms. The van der Waals surface area contributed by atoms with Gasteiger partial charge in [-0.25, -0.2) is 9.78 Å². The van der Waals surface area contributed by atoms with E-state index in [2.05, 4.69) is 15.3 Å². The summed E-state index contributed by atoms with van der Waals surface area (Å²) < 4.78 is 0. The van der Waals surface area contributed by atoms with Gasteiger partial charge >= 0.3 is 5.97 Å². The number of carbonyl (C=O) groups is 1. The van der Waals surface area contributed by atoms with Gasteiger partial charge in [0.1, 0.15) is 0 Å². The number of aryl methyl sites for hydroxylation is 1. The Kier molecular flexibility index (Phi) is 3.08. The third-order valence-corrected chi connectivity index (χ3v) is 3.73. The van der Waals surface area contributed by atoms with Crippen molar-refractivity contribution in [1.82, 2.24) is 9.97 Å². The first-order chi connectivity index (χ1) is 9.63. The third kappa shape index (κ3) is 2.33. The Morgan fingerprint density at radius 2 is 2.15 bits per heavy atom. The largest absolute Gasteiger partial charge is 0.476 e. The smallest absolute Gasteiger partial charge is 0.355 e. The Morgan fingerprint density at radius 1 is 1.35 bits per heavy atom. The molecule has 2 N–H and O–H groups in total. The van der Waals surface area contributed by atoms with Crippen LogP contribution in [0.4, 0.5) is 10.8 Å². The first kappa shape index (κ1) is 12.6. The van der Waals surface area contributed by atoms with Gasteiger partial charge in [0.25, 0.3) is 0 Å². The van der Waals surface area contributed by atoms with Crippen molar-refractivity contribution in [2.75, 3.05) is 5.32 Å². The average molecular weight is 285 g/mol. The van der Waals surface area contributed by atoms with E-state index >= 15 is 0 Å². The normalized spacial score (nSPS) is 10.7. The zero-order chi connectivity index (χ0) is 14.1. The number of aromatic nitrogens is 2. The van der Waals surface area contributed by atoms with Crippen molar-refractivity contribution in [2.45, 2.75) is 6.92 Å². The highest BCUT2D eigenvalue weighted by Crippen LogP contribution is 2.26. The molecule has 0 amide bonds. The number of hydrogen-bond donors (Lipinski definition) is 2. The number of carboxylic acids is 1. The topological polar surface area (TPSA) is 75.1 Å². The number of pyridine rings is 1. The molecule has 0 radical (unpaired) electrons. The quantitative estimate of drug-likeness (QED) is 0.771. The van der Waals surface area contributed by atoms with Gasteiger partial charge in [0.05, 0.1) is 17.4 Å². The third-order valence-electron chi connectivity index (χ3n) is 2.84. The fourth-order valence-electron chi connectivity index (χ4n) is 1.91. The van der Waals surface area contributed by atoms with Crippen LogP contribution in [0.2, 0.25) is 0 Å². The SMILES string of the molecule is Cc1sc(Nc2cnc3ccccc3c2)nc1C(=O)O. The predicted octanol–water partition coefficient (Wildman–Crippen LogP) is 3.44. The van der Waals surface area contributed by atoms with E-state index in [0.717, 1.165) is 16.6 Å². The highest BCUT2D eigenvalue weighted by molar-refractivity contribution is 7.15. The Hall–Kier alpha value is -2.47. The zero-order valence-electron chi connectivity index (χ0n) is 10.6. The van der Waals surface area contributed by atoms with Gasteiger partial charge in [-0.1, -0.05) is 18.2 Å². The summed E-state index contributed by atoms with van der Waals surface area (Å²) in [6.07, 6.45) is 1.71. The molecule has 1 aromatic carbocycles. The van der Waals surface area contributed by atoms with Crippen LogP contribution in [0.1, 0.15) is 15.4 Å². The van der Waals surface area contributed by atoms with Crippen molar-refractivity contribution in [2.24, 2.45) is 0 Å². The number of aromatic carboxylic acids is 1. The van der Waals surface area contributed by atoms with E-state index in [-0.39, 0.29) is 5.69 Å². The molecule has 0 aliphatic carbocycles. The molecule has 0 aliphatic rings. The van der Waals surface area contributed by atoms with Crippen LogP contribution in [0.5, 0.6) is 0 Å². The zero-order valence-corrected chi connectivity index (χ0v) is 11.4. The lowest BCUT2D eigenvalue weighted by molar-refractivity contribution is 0.0690. The lowest BCUT2D eigenvalue weighted by Crippen LogP contribution is -1.99. The maximum Gasteiger partial charge on any atom is 0.355 e. The van der Waals surface area contributed by atoms with Crippen LogP contribution in [0.15, 0.2) is 36.5 Å². The highest BCUT2D eigenvalue weighted by Gasteiger charge is 2.14. The number of para-hydroxylation sites is 1. The molecule has 0 aliphatic heterocycles. The lowest BCUT2D eigenvalue weighted by atomic mass is 10.2. The van der Waals surface area contributed by atoms with Crippen molar-refractivity contribution < 1.29 is 9.90 Å². The summed E-state index contributed by atoms with van der Waals surface area (Å²) in [5, 5.41) is 13.7. The number of fused-ring (bicyclic) bond motifs is 1. The molecule has 3 aromatic rings. The van der Waals surface area contributed by atoms with E-state index in [0.29, 0.717) is 10.0 Å². The van der Waals surface area contributed by atoms with E-state index in [1.165, 1.54) is 11.3 Å².